The van der Waals surface area contributed by atoms with Crippen molar-refractivity contribution in [2.24, 2.45) is 0 Å². The molecule has 2 aromatic rings. The Morgan fingerprint density at radius 3 is 2.50 bits per heavy atom. The Morgan fingerprint density at radius 1 is 1.06 bits per heavy atom. The quantitative estimate of drug-likeness (QED) is 0.604. The number of esters is 1. The van der Waals surface area contributed by atoms with E-state index < -0.39 is 23.9 Å². The molecule has 1 fully saturated rings. The SMILES string of the molecule is CCOC(=O)C1=C(C)NC(=O)N(C(=O)Cc2ccccc2)[C@@H]1c1cccc(OC2CCCC2)c1. The van der Waals surface area contributed by atoms with Crippen molar-refractivity contribution in [1.29, 1.82) is 0 Å². The molecule has 1 atom stereocenters. The van der Waals surface area contributed by atoms with Crippen LogP contribution in [0.5, 0.6) is 5.75 Å². The smallest absolute Gasteiger partial charge is 0.338 e. The van der Waals surface area contributed by atoms with E-state index in [0.29, 0.717) is 17.0 Å². The van der Waals surface area contributed by atoms with Gasteiger partial charge in [-0.2, -0.15) is 0 Å². The first kappa shape index (κ1) is 23.5. The third kappa shape index (κ3) is 5.14. The third-order valence-corrected chi connectivity index (χ3v) is 6.19. The monoisotopic (exact) mass is 462 g/mol. The lowest BCUT2D eigenvalue weighted by Crippen LogP contribution is -2.51. The predicted octanol–water partition coefficient (Wildman–Crippen LogP) is 4.68. The average molecular weight is 463 g/mol. The Hall–Kier alpha value is -3.61. The summed E-state index contributed by atoms with van der Waals surface area (Å²) < 4.78 is 11.5. The molecule has 2 aliphatic rings. The number of nitrogens with one attached hydrogen (secondary N) is 1. The van der Waals surface area contributed by atoms with Crippen LogP contribution < -0.4 is 10.1 Å². The van der Waals surface area contributed by atoms with E-state index in [9.17, 15) is 14.4 Å². The van der Waals surface area contributed by atoms with Crippen LogP contribution in [-0.4, -0.2) is 35.5 Å². The van der Waals surface area contributed by atoms with Crippen LogP contribution in [0.2, 0.25) is 0 Å². The summed E-state index contributed by atoms with van der Waals surface area (Å²) in [7, 11) is 0. The molecule has 0 aromatic heterocycles. The van der Waals surface area contributed by atoms with E-state index in [1.54, 1.807) is 19.9 Å². The van der Waals surface area contributed by atoms with Gasteiger partial charge in [-0.3, -0.25) is 9.69 Å². The molecule has 1 aliphatic heterocycles. The van der Waals surface area contributed by atoms with E-state index in [0.717, 1.165) is 36.1 Å². The van der Waals surface area contributed by atoms with Gasteiger partial charge in [-0.05, 0) is 62.8 Å². The van der Waals surface area contributed by atoms with E-state index in [4.69, 9.17) is 9.47 Å². The molecule has 1 saturated carbocycles. The maximum atomic E-state index is 13.4. The number of hydrogen-bond acceptors (Lipinski definition) is 5. The first-order valence-corrected chi connectivity index (χ1v) is 11.8. The second-order valence-corrected chi connectivity index (χ2v) is 8.61. The van der Waals surface area contributed by atoms with Crippen molar-refractivity contribution >= 4 is 17.9 Å². The highest BCUT2D eigenvalue weighted by molar-refractivity contribution is 6.02. The number of rotatable bonds is 7. The standard InChI is InChI=1S/C27H30N2O5/c1-3-33-26(31)24-18(2)28-27(32)29(23(30)16-19-10-5-4-6-11-19)25(24)20-12-9-15-22(17-20)34-21-13-7-8-14-21/h4-6,9-12,15,17,21,25H,3,7-8,13-14,16H2,1-2H3,(H,28,32)/t25-/m1/s1. The van der Waals surface area contributed by atoms with Crippen LogP contribution in [0.25, 0.3) is 0 Å². The molecule has 0 unspecified atom stereocenters. The molecule has 4 rings (SSSR count). The Balaban J connectivity index is 1.73. The van der Waals surface area contributed by atoms with Gasteiger partial charge in [-0.25, -0.2) is 9.59 Å². The molecule has 1 heterocycles. The highest BCUT2D eigenvalue weighted by Crippen LogP contribution is 2.37. The molecular formula is C27H30N2O5. The van der Waals surface area contributed by atoms with E-state index in [2.05, 4.69) is 5.32 Å². The minimum Gasteiger partial charge on any atom is -0.490 e. The van der Waals surface area contributed by atoms with Crippen LogP contribution in [0.4, 0.5) is 4.79 Å². The zero-order valence-corrected chi connectivity index (χ0v) is 19.6. The Labute approximate surface area is 199 Å². The van der Waals surface area contributed by atoms with Gasteiger partial charge >= 0.3 is 12.0 Å². The van der Waals surface area contributed by atoms with Crippen LogP contribution >= 0.6 is 0 Å². The maximum absolute atomic E-state index is 13.4. The molecule has 34 heavy (non-hydrogen) atoms. The number of allylic oxidation sites excluding steroid dienone is 1. The lowest BCUT2D eigenvalue weighted by molar-refractivity contribution is -0.140. The molecule has 0 saturated heterocycles. The van der Waals surface area contributed by atoms with Crippen molar-refractivity contribution in [3.8, 4) is 5.75 Å². The lowest BCUT2D eigenvalue weighted by atomic mass is 9.93. The van der Waals surface area contributed by atoms with Gasteiger partial charge in [0.25, 0.3) is 0 Å². The van der Waals surface area contributed by atoms with E-state index in [1.807, 2.05) is 48.5 Å². The van der Waals surface area contributed by atoms with E-state index in [-0.39, 0.29) is 24.7 Å². The zero-order chi connectivity index (χ0) is 24.1. The summed E-state index contributed by atoms with van der Waals surface area (Å²) in [6, 6.07) is 15.0. The van der Waals surface area contributed by atoms with Gasteiger partial charge in [0, 0.05) is 5.70 Å². The first-order valence-electron chi connectivity index (χ1n) is 11.8. The molecule has 3 amide bonds. The molecule has 0 bridgehead atoms. The van der Waals surface area contributed by atoms with Gasteiger partial charge in [0.2, 0.25) is 5.91 Å². The summed E-state index contributed by atoms with van der Waals surface area (Å²) in [6.07, 6.45) is 4.48. The second-order valence-electron chi connectivity index (χ2n) is 8.61. The van der Waals surface area contributed by atoms with Crippen LogP contribution in [0.15, 0.2) is 65.9 Å². The Bertz CT molecular complexity index is 1090. The molecule has 0 radical (unpaired) electrons. The number of urea groups is 1. The van der Waals surface area contributed by atoms with Crippen molar-refractivity contribution in [2.45, 2.75) is 58.1 Å². The second kappa shape index (κ2) is 10.5. The van der Waals surface area contributed by atoms with E-state index in [1.165, 1.54) is 0 Å². The summed E-state index contributed by atoms with van der Waals surface area (Å²) >= 11 is 0. The topological polar surface area (TPSA) is 84.9 Å². The fourth-order valence-electron chi connectivity index (χ4n) is 4.60. The minimum absolute atomic E-state index is 0.0260. The fraction of sp³-hybridized carbons (Fsp3) is 0.370. The number of carbonyl (C=O) groups excluding carboxylic acids is 3. The van der Waals surface area contributed by atoms with Crippen LogP contribution in [0.1, 0.15) is 56.7 Å². The van der Waals surface area contributed by atoms with Gasteiger partial charge in [0.1, 0.15) is 11.8 Å². The first-order chi connectivity index (χ1) is 16.5. The van der Waals surface area contributed by atoms with Gasteiger partial charge in [0.15, 0.2) is 0 Å². The van der Waals surface area contributed by atoms with Crippen molar-refractivity contribution in [1.82, 2.24) is 10.2 Å². The number of nitrogens with zero attached hydrogens (tertiary/aromatic N) is 1. The summed E-state index contributed by atoms with van der Waals surface area (Å²) in [5, 5.41) is 2.67. The highest BCUT2D eigenvalue weighted by Gasteiger charge is 2.42. The molecule has 1 aliphatic carbocycles. The third-order valence-electron chi connectivity index (χ3n) is 6.19. The fourth-order valence-corrected chi connectivity index (χ4v) is 4.60. The highest BCUT2D eigenvalue weighted by atomic mass is 16.5. The van der Waals surface area contributed by atoms with Gasteiger partial charge in [0.05, 0.1) is 24.7 Å². The molecule has 7 heteroatoms. The molecule has 7 nitrogen and oxygen atoms in total. The minimum atomic E-state index is -0.920. The molecule has 2 aromatic carbocycles. The molecule has 1 N–H and O–H groups in total. The predicted molar refractivity (Wildman–Crippen MR) is 127 cm³/mol. The molecule has 178 valence electrons. The Morgan fingerprint density at radius 2 is 1.79 bits per heavy atom. The summed E-state index contributed by atoms with van der Waals surface area (Å²) in [5.41, 5.74) is 2.01. The normalized spacial score (nSPS) is 18.6. The van der Waals surface area contributed by atoms with Crippen molar-refractivity contribution in [2.75, 3.05) is 6.61 Å². The molecule has 0 spiro atoms. The van der Waals surface area contributed by atoms with Crippen LogP contribution in [0, 0.1) is 0 Å². The number of ether oxygens (including phenoxy) is 2. The van der Waals surface area contributed by atoms with Gasteiger partial charge in [-0.15, -0.1) is 0 Å². The van der Waals surface area contributed by atoms with E-state index >= 15 is 0 Å². The van der Waals surface area contributed by atoms with Gasteiger partial charge in [-0.1, -0.05) is 42.5 Å². The number of carbonyl (C=O) groups is 3. The number of benzene rings is 2. The van der Waals surface area contributed by atoms with Crippen LogP contribution in [-0.2, 0) is 20.7 Å². The Kier molecular flexibility index (Phi) is 7.30. The zero-order valence-electron chi connectivity index (χ0n) is 19.6. The summed E-state index contributed by atoms with van der Waals surface area (Å²) in [4.78, 5) is 40.6. The van der Waals surface area contributed by atoms with Crippen molar-refractivity contribution in [3.63, 3.8) is 0 Å². The number of imide groups is 1. The largest absolute Gasteiger partial charge is 0.490 e. The van der Waals surface area contributed by atoms with Crippen molar-refractivity contribution < 1.29 is 23.9 Å². The number of amides is 3. The lowest BCUT2D eigenvalue weighted by Gasteiger charge is -2.36. The van der Waals surface area contributed by atoms with Crippen LogP contribution in [0.3, 0.4) is 0 Å². The summed E-state index contributed by atoms with van der Waals surface area (Å²) in [5.74, 6) is -0.318. The maximum Gasteiger partial charge on any atom is 0.338 e. The van der Waals surface area contributed by atoms with Gasteiger partial charge < -0.3 is 14.8 Å². The molecular weight excluding hydrogens is 432 g/mol. The number of hydrogen-bond donors (Lipinski definition) is 1. The summed E-state index contributed by atoms with van der Waals surface area (Å²) in [6.45, 7) is 3.55. The van der Waals surface area contributed by atoms with Crippen molar-refractivity contribution in [3.05, 3.63) is 77.0 Å². The average Bonchev–Trinajstić information content (AvgIpc) is 3.32.